The number of benzene rings is 1. The van der Waals surface area contributed by atoms with Crippen molar-refractivity contribution in [2.75, 3.05) is 0 Å². The Bertz CT molecular complexity index is 665. The molecule has 2 heterocycles. The van der Waals surface area contributed by atoms with Gasteiger partial charge in [-0.15, -0.1) is 11.3 Å². The van der Waals surface area contributed by atoms with Crippen LogP contribution in [-0.2, 0) is 0 Å². The maximum atomic E-state index is 11.0. The van der Waals surface area contributed by atoms with Gasteiger partial charge in [-0.1, -0.05) is 6.07 Å². The lowest BCUT2D eigenvalue weighted by Crippen LogP contribution is -2.10. The molecule has 3 rings (SSSR count). The molecule has 15 heavy (non-hydrogen) atoms. The summed E-state index contributed by atoms with van der Waals surface area (Å²) in [5.41, 5.74) is 6.68. The summed E-state index contributed by atoms with van der Waals surface area (Å²) in [6, 6.07) is 7.89. The fraction of sp³-hybridized carbons (Fsp3) is 0. The van der Waals surface area contributed by atoms with Crippen LogP contribution in [0.5, 0.6) is 0 Å². The third-order valence-electron chi connectivity index (χ3n) is 2.49. The first kappa shape index (κ1) is 8.49. The molecule has 2 aromatic heterocycles. The number of thiophene rings is 1. The molecule has 74 valence electrons. The number of primary amides is 1. The molecule has 1 aromatic carbocycles. The zero-order chi connectivity index (χ0) is 10.4. The highest BCUT2D eigenvalue weighted by Crippen LogP contribution is 2.28. The summed E-state index contributed by atoms with van der Waals surface area (Å²) in [7, 11) is 0. The van der Waals surface area contributed by atoms with Crippen LogP contribution in [0.25, 0.3) is 21.0 Å². The van der Waals surface area contributed by atoms with E-state index in [0.29, 0.717) is 5.69 Å². The number of hydrogen-bond acceptors (Lipinski definition) is 2. The van der Waals surface area contributed by atoms with E-state index in [0.717, 1.165) is 16.3 Å². The number of nitrogens with one attached hydrogen (secondary N) is 1. The van der Waals surface area contributed by atoms with Crippen LogP contribution in [0.4, 0.5) is 0 Å². The molecule has 0 atom stereocenters. The van der Waals surface area contributed by atoms with Crippen molar-refractivity contribution in [2.45, 2.75) is 0 Å². The van der Waals surface area contributed by atoms with Crippen LogP contribution < -0.4 is 5.73 Å². The largest absolute Gasteiger partial charge is 0.364 e. The predicted molar refractivity (Wildman–Crippen MR) is 62.2 cm³/mol. The average molecular weight is 216 g/mol. The molecule has 0 saturated heterocycles. The van der Waals surface area contributed by atoms with E-state index in [1.54, 1.807) is 17.4 Å². The maximum absolute atomic E-state index is 11.0. The van der Waals surface area contributed by atoms with E-state index < -0.39 is 5.91 Å². The van der Waals surface area contributed by atoms with Crippen LogP contribution in [0, 0.1) is 0 Å². The van der Waals surface area contributed by atoms with Gasteiger partial charge in [0, 0.05) is 15.5 Å². The van der Waals surface area contributed by atoms with E-state index in [4.69, 9.17) is 5.73 Å². The third kappa shape index (κ3) is 1.15. The molecule has 0 aliphatic rings. The van der Waals surface area contributed by atoms with Crippen LogP contribution in [0.2, 0.25) is 0 Å². The Balaban J connectivity index is 2.46. The molecular weight excluding hydrogens is 208 g/mol. The van der Waals surface area contributed by atoms with E-state index >= 15 is 0 Å². The molecule has 1 amide bonds. The molecule has 3 nitrogen and oxygen atoms in total. The molecule has 3 aromatic rings. The molecule has 0 fully saturated rings. The monoisotopic (exact) mass is 216 g/mol. The standard InChI is InChI=1S/C11H8N2OS/c12-11(14)8-5-6-1-2-9-7(3-4-15-9)10(6)13-8/h1-5,13H,(H2,12,14). The van der Waals surface area contributed by atoms with E-state index in [2.05, 4.69) is 11.1 Å². The second kappa shape index (κ2) is 2.84. The van der Waals surface area contributed by atoms with Gasteiger partial charge in [-0.05, 0) is 23.6 Å². The summed E-state index contributed by atoms with van der Waals surface area (Å²) < 4.78 is 1.21. The number of aromatic nitrogens is 1. The molecule has 0 saturated carbocycles. The fourth-order valence-electron chi connectivity index (χ4n) is 1.78. The van der Waals surface area contributed by atoms with Gasteiger partial charge in [0.15, 0.2) is 0 Å². The first-order chi connectivity index (χ1) is 7.25. The van der Waals surface area contributed by atoms with Gasteiger partial charge in [-0.2, -0.15) is 0 Å². The van der Waals surface area contributed by atoms with Crippen molar-refractivity contribution in [3.8, 4) is 0 Å². The third-order valence-corrected chi connectivity index (χ3v) is 3.37. The van der Waals surface area contributed by atoms with Crippen molar-refractivity contribution in [1.29, 1.82) is 0 Å². The molecule has 0 aliphatic carbocycles. The van der Waals surface area contributed by atoms with Crippen LogP contribution in [0.1, 0.15) is 10.5 Å². The van der Waals surface area contributed by atoms with Crippen molar-refractivity contribution in [1.82, 2.24) is 4.98 Å². The second-order valence-electron chi connectivity index (χ2n) is 3.41. The van der Waals surface area contributed by atoms with Crippen molar-refractivity contribution in [3.05, 3.63) is 35.3 Å². The number of amides is 1. The van der Waals surface area contributed by atoms with Crippen LogP contribution >= 0.6 is 11.3 Å². The molecular formula is C11H8N2OS. The number of H-pyrrole nitrogens is 1. The lowest BCUT2D eigenvalue weighted by molar-refractivity contribution is 0.0996. The summed E-state index contributed by atoms with van der Waals surface area (Å²) in [5, 5.41) is 4.20. The molecule has 0 unspecified atom stereocenters. The molecule has 4 heteroatoms. The molecule has 0 bridgehead atoms. The number of aromatic amines is 1. The minimum Gasteiger partial charge on any atom is -0.364 e. The Labute approximate surface area is 89.5 Å². The molecule has 3 N–H and O–H groups in total. The molecule has 0 radical (unpaired) electrons. The summed E-state index contributed by atoms with van der Waals surface area (Å²) in [6.07, 6.45) is 0. The normalized spacial score (nSPS) is 11.2. The summed E-state index contributed by atoms with van der Waals surface area (Å²) >= 11 is 1.68. The van der Waals surface area contributed by atoms with Gasteiger partial charge in [0.1, 0.15) is 5.69 Å². The highest BCUT2D eigenvalue weighted by molar-refractivity contribution is 7.17. The minimum atomic E-state index is -0.422. The number of hydrogen-bond donors (Lipinski definition) is 2. The Hall–Kier alpha value is -1.81. The summed E-state index contributed by atoms with van der Waals surface area (Å²) in [6.45, 7) is 0. The van der Waals surface area contributed by atoms with Crippen molar-refractivity contribution in [3.63, 3.8) is 0 Å². The number of carbonyl (C=O) groups is 1. The number of rotatable bonds is 1. The van der Waals surface area contributed by atoms with Gasteiger partial charge in [-0.25, -0.2) is 0 Å². The Kier molecular flexibility index (Phi) is 1.61. The first-order valence-electron chi connectivity index (χ1n) is 4.54. The van der Waals surface area contributed by atoms with Gasteiger partial charge in [0.2, 0.25) is 0 Å². The van der Waals surface area contributed by atoms with E-state index in [1.807, 2.05) is 17.5 Å². The van der Waals surface area contributed by atoms with Crippen LogP contribution in [-0.4, -0.2) is 10.9 Å². The highest BCUT2D eigenvalue weighted by atomic mass is 32.1. The Morgan fingerprint density at radius 3 is 3.00 bits per heavy atom. The van der Waals surface area contributed by atoms with E-state index in [9.17, 15) is 4.79 Å². The summed E-state index contributed by atoms with van der Waals surface area (Å²) in [4.78, 5) is 14.1. The highest BCUT2D eigenvalue weighted by Gasteiger charge is 2.08. The second-order valence-corrected chi connectivity index (χ2v) is 4.36. The lowest BCUT2D eigenvalue weighted by atomic mass is 10.2. The maximum Gasteiger partial charge on any atom is 0.265 e. The van der Waals surface area contributed by atoms with Gasteiger partial charge in [0.25, 0.3) is 5.91 Å². The predicted octanol–water partition coefficient (Wildman–Crippen LogP) is 2.48. The zero-order valence-corrected chi connectivity index (χ0v) is 8.60. The van der Waals surface area contributed by atoms with Crippen molar-refractivity contribution in [2.24, 2.45) is 5.73 Å². The lowest BCUT2D eigenvalue weighted by Gasteiger charge is -1.91. The average Bonchev–Trinajstić information content (AvgIpc) is 2.82. The fourth-order valence-corrected chi connectivity index (χ4v) is 2.57. The zero-order valence-electron chi connectivity index (χ0n) is 7.78. The summed E-state index contributed by atoms with van der Waals surface area (Å²) in [5.74, 6) is -0.422. The van der Waals surface area contributed by atoms with Crippen LogP contribution in [0.15, 0.2) is 29.6 Å². The first-order valence-corrected chi connectivity index (χ1v) is 5.42. The number of carbonyl (C=O) groups excluding carboxylic acids is 1. The van der Waals surface area contributed by atoms with Gasteiger partial charge in [-0.3, -0.25) is 4.79 Å². The quantitative estimate of drug-likeness (QED) is 0.645. The van der Waals surface area contributed by atoms with E-state index in [-0.39, 0.29) is 0 Å². The van der Waals surface area contributed by atoms with Crippen molar-refractivity contribution < 1.29 is 4.79 Å². The minimum absolute atomic E-state index is 0.422. The number of nitrogens with two attached hydrogens (primary N) is 1. The molecule has 0 aliphatic heterocycles. The SMILES string of the molecule is NC(=O)c1cc2ccc3sccc3c2[nH]1. The Morgan fingerprint density at radius 1 is 1.33 bits per heavy atom. The van der Waals surface area contributed by atoms with Gasteiger partial charge in [0.05, 0.1) is 5.52 Å². The van der Waals surface area contributed by atoms with E-state index in [1.165, 1.54) is 4.70 Å². The van der Waals surface area contributed by atoms with Gasteiger partial charge >= 0.3 is 0 Å². The van der Waals surface area contributed by atoms with Crippen LogP contribution in [0.3, 0.4) is 0 Å². The molecule has 0 spiro atoms. The number of fused-ring (bicyclic) bond motifs is 3. The van der Waals surface area contributed by atoms with Crippen molar-refractivity contribution >= 4 is 38.2 Å². The topological polar surface area (TPSA) is 58.9 Å². The smallest absolute Gasteiger partial charge is 0.265 e. The Morgan fingerprint density at radius 2 is 2.20 bits per heavy atom. The van der Waals surface area contributed by atoms with Gasteiger partial charge < -0.3 is 10.7 Å².